The van der Waals surface area contributed by atoms with Crippen molar-refractivity contribution in [2.45, 2.75) is 0 Å². The normalized spacial score (nSPS) is 11.8. The van der Waals surface area contributed by atoms with E-state index in [2.05, 4.69) is 288 Å². The van der Waals surface area contributed by atoms with Crippen molar-refractivity contribution in [2.75, 3.05) is 0 Å². The summed E-state index contributed by atoms with van der Waals surface area (Å²) < 4.78 is 4.74. The van der Waals surface area contributed by atoms with Crippen molar-refractivity contribution in [2.24, 2.45) is 0 Å². The van der Waals surface area contributed by atoms with Gasteiger partial charge in [-0.15, -0.1) is 0 Å². The van der Waals surface area contributed by atoms with Crippen LogP contribution < -0.4 is 0 Å². The van der Waals surface area contributed by atoms with E-state index in [9.17, 15) is 0 Å². The molecule has 16 aromatic rings. The molecule has 16 rings (SSSR count). The Kier molecular flexibility index (Phi) is 10.5. The summed E-state index contributed by atoms with van der Waals surface area (Å²) in [5.74, 6) is 0. The van der Waals surface area contributed by atoms with Crippen molar-refractivity contribution in [1.82, 2.24) is 19.1 Å². The highest BCUT2D eigenvalue weighted by molar-refractivity contribution is 6.24. The van der Waals surface area contributed by atoms with Gasteiger partial charge in [-0.3, -0.25) is 9.97 Å². The number of fused-ring (bicyclic) bond motifs is 12. The number of hydrogen-bond donors (Lipinski definition) is 0. The number of para-hydroxylation sites is 4. The maximum absolute atomic E-state index is 4.93. The van der Waals surface area contributed by atoms with Crippen LogP contribution in [0.2, 0.25) is 0 Å². The van der Waals surface area contributed by atoms with E-state index >= 15 is 0 Å². The molecule has 0 saturated heterocycles. The maximum atomic E-state index is 4.93. The second kappa shape index (κ2) is 18.5. The Morgan fingerprint density at radius 1 is 0.188 bits per heavy atom. The second-order valence-electron chi connectivity index (χ2n) is 20.9. The SMILES string of the molecule is c1ccc(-n2c3ccccc3c3cc(-c4cccc(-c5cccc(-c6ccc7c(c6)c6cc(-c8cccc(-c9cccc(-c%10ccc%11c(c%10)c%10ccccc%10n%11-c%10ccccc%10)c9)c8)ccc6c6nccnc76)c5)c4)ccc32)cc1. The molecular weight excluding hydrogens is 969 g/mol. The van der Waals surface area contributed by atoms with E-state index in [0.717, 1.165) is 66.2 Å². The van der Waals surface area contributed by atoms with Gasteiger partial charge in [0.2, 0.25) is 0 Å². The second-order valence-corrected chi connectivity index (χ2v) is 20.9. The van der Waals surface area contributed by atoms with E-state index in [4.69, 9.17) is 9.97 Å². The highest BCUT2D eigenvalue weighted by atomic mass is 15.0. The summed E-state index contributed by atoms with van der Waals surface area (Å²) in [4.78, 5) is 9.85. The fourth-order valence-electron chi connectivity index (χ4n) is 12.6. The quantitative estimate of drug-likeness (QED) is 0.142. The van der Waals surface area contributed by atoms with Gasteiger partial charge in [-0.1, -0.05) is 182 Å². The van der Waals surface area contributed by atoms with Gasteiger partial charge >= 0.3 is 0 Å². The highest BCUT2D eigenvalue weighted by Gasteiger charge is 2.18. The minimum absolute atomic E-state index is 0.908. The molecule has 3 aromatic heterocycles. The number of nitrogens with zero attached hydrogens (tertiary/aromatic N) is 4. The Bertz CT molecular complexity index is 4800. The molecule has 0 spiro atoms. The van der Waals surface area contributed by atoms with Crippen LogP contribution in [0.1, 0.15) is 0 Å². The first kappa shape index (κ1) is 45.5. The largest absolute Gasteiger partial charge is 0.309 e. The molecule has 0 saturated carbocycles. The number of aromatic nitrogens is 4. The van der Waals surface area contributed by atoms with Gasteiger partial charge in [-0.2, -0.15) is 0 Å². The van der Waals surface area contributed by atoms with Crippen LogP contribution in [0.3, 0.4) is 0 Å². The van der Waals surface area contributed by atoms with E-state index < -0.39 is 0 Å². The summed E-state index contributed by atoms with van der Waals surface area (Å²) in [7, 11) is 0. The third-order valence-corrected chi connectivity index (χ3v) is 16.4. The zero-order valence-electron chi connectivity index (χ0n) is 43.5. The van der Waals surface area contributed by atoms with Gasteiger partial charge < -0.3 is 9.13 Å². The van der Waals surface area contributed by atoms with Gasteiger partial charge in [0.25, 0.3) is 0 Å². The fourth-order valence-corrected chi connectivity index (χ4v) is 12.6. The first-order valence-corrected chi connectivity index (χ1v) is 27.4. The lowest BCUT2D eigenvalue weighted by Gasteiger charge is -2.14. The monoisotopic (exact) mass is 1020 g/mol. The first-order chi connectivity index (χ1) is 39.6. The average molecular weight is 1020 g/mol. The van der Waals surface area contributed by atoms with Crippen LogP contribution in [0, 0.1) is 0 Å². The molecule has 0 aliphatic carbocycles. The van der Waals surface area contributed by atoms with Crippen molar-refractivity contribution in [3.63, 3.8) is 0 Å². The van der Waals surface area contributed by atoms with E-state index in [-0.39, 0.29) is 0 Å². The minimum atomic E-state index is 0.908. The number of rotatable bonds is 8. The smallest absolute Gasteiger partial charge is 0.0971 e. The molecule has 0 radical (unpaired) electrons. The Morgan fingerprint density at radius 3 is 0.838 bits per heavy atom. The zero-order chi connectivity index (χ0) is 52.7. The molecule has 0 unspecified atom stereocenters. The predicted molar refractivity (Wildman–Crippen MR) is 336 cm³/mol. The van der Waals surface area contributed by atoms with E-state index in [0.29, 0.717) is 0 Å². The molecular formula is C76H48N4. The maximum Gasteiger partial charge on any atom is 0.0971 e. The van der Waals surface area contributed by atoms with E-state index in [1.54, 1.807) is 12.4 Å². The van der Waals surface area contributed by atoms with Gasteiger partial charge in [-0.25, -0.2) is 0 Å². The van der Waals surface area contributed by atoms with E-state index in [1.165, 1.54) is 88.1 Å². The molecule has 4 heteroatoms. The van der Waals surface area contributed by atoms with Crippen molar-refractivity contribution in [1.29, 1.82) is 0 Å². The molecule has 0 aliphatic heterocycles. The molecule has 3 heterocycles. The Morgan fingerprint density at radius 2 is 0.475 bits per heavy atom. The third kappa shape index (κ3) is 7.53. The lowest BCUT2D eigenvalue weighted by Crippen LogP contribution is -1.92. The van der Waals surface area contributed by atoms with E-state index in [1.807, 2.05) is 0 Å². The fraction of sp³-hybridized carbons (Fsp3) is 0. The van der Waals surface area contributed by atoms with Crippen molar-refractivity contribution >= 4 is 76.2 Å². The van der Waals surface area contributed by atoms with Crippen LogP contribution in [0.5, 0.6) is 0 Å². The molecule has 80 heavy (non-hydrogen) atoms. The van der Waals surface area contributed by atoms with Crippen molar-refractivity contribution < 1.29 is 0 Å². The van der Waals surface area contributed by atoms with Crippen molar-refractivity contribution in [3.8, 4) is 78.1 Å². The Hall–Kier alpha value is -10.7. The average Bonchev–Trinajstić information content (AvgIpc) is 4.09. The molecule has 0 atom stereocenters. The predicted octanol–water partition coefficient (Wildman–Crippen LogP) is 20.1. The topological polar surface area (TPSA) is 35.6 Å². The van der Waals surface area contributed by atoms with Gasteiger partial charge in [0.1, 0.15) is 0 Å². The zero-order valence-corrected chi connectivity index (χ0v) is 43.5. The van der Waals surface area contributed by atoms with Crippen LogP contribution in [-0.4, -0.2) is 19.1 Å². The Labute approximate surface area is 462 Å². The van der Waals surface area contributed by atoms with Gasteiger partial charge in [0, 0.05) is 56.1 Å². The lowest BCUT2D eigenvalue weighted by molar-refractivity contribution is 1.18. The van der Waals surface area contributed by atoms with Crippen LogP contribution in [-0.2, 0) is 0 Å². The third-order valence-electron chi connectivity index (χ3n) is 16.4. The molecule has 0 amide bonds. The summed E-state index contributed by atoms with van der Waals surface area (Å²) in [5.41, 5.74) is 23.0. The summed E-state index contributed by atoms with van der Waals surface area (Å²) in [5, 5.41) is 9.46. The molecule has 0 fully saturated rings. The molecule has 13 aromatic carbocycles. The van der Waals surface area contributed by atoms with Crippen LogP contribution in [0.4, 0.5) is 0 Å². The summed E-state index contributed by atoms with van der Waals surface area (Å²) >= 11 is 0. The standard InChI is InChI=1S/C76H48N4/c1-3-23-61(24-4-1)79-71-29-9-7-27-63(71)69-47-59(33-37-73(69)79)55-21-13-17-51(43-55)49-15-11-19-53(41-49)57-31-35-65-67(45-57)68-46-58(32-36-66(68)76-75(65)77-39-40-78-76)54-20-12-16-50(42-54)52-18-14-22-56(44-52)60-34-38-74-70(48-60)64-28-8-10-30-72(64)80(74)62-25-5-2-6-26-62/h1-48H. The number of hydrogen-bond acceptors (Lipinski definition) is 2. The van der Waals surface area contributed by atoms with Gasteiger partial charge in [-0.05, 0) is 175 Å². The summed E-state index contributed by atoms with van der Waals surface area (Å²) in [6.07, 6.45) is 3.61. The molecule has 372 valence electrons. The first-order valence-electron chi connectivity index (χ1n) is 27.4. The number of benzene rings is 13. The van der Waals surface area contributed by atoms with Gasteiger partial charge in [0.05, 0.1) is 33.1 Å². The summed E-state index contributed by atoms with van der Waals surface area (Å²) in [6, 6.07) is 102. The highest BCUT2D eigenvalue weighted by Crippen LogP contribution is 2.42. The molecule has 0 N–H and O–H groups in total. The molecule has 0 bridgehead atoms. The Balaban J connectivity index is 0.745. The molecule has 0 aliphatic rings. The lowest BCUT2D eigenvalue weighted by atomic mass is 9.91. The van der Waals surface area contributed by atoms with Crippen LogP contribution in [0.15, 0.2) is 291 Å². The van der Waals surface area contributed by atoms with Crippen LogP contribution in [0.25, 0.3) is 154 Å². The van der Waals surface area contributed by atoms with Crippen LogP contribution >= 0.6 is 0 Å². The van der Waals surface area contributed by atoms with Gasteiger partial charge in [0.15, 0.2) is 0 Å². The van der Waals surface area contributed by atoms with Crippen molar-refractivity contribution in [3.05, 3.63) is 291 Å². The molecule has 4 nitrogen and oxygen atoms in total. The summed E-state index contributed by atoms with van der Waals surface area (Å²) in [6.45, 7) is 0. The minimum Gasteiger partial charge on any atom is -0.309 e.